The highest BCUT2D eigenvalue weighted by Crippen LogP contribution is 2.25. The van der Waals surface area contributed by atoms with Crippen LogP contribution < -0.4 is 4.74 Å². The molecule has 1 aliphatic carbocycles. The zero-order chi connectivity index (χ0) is 12.1. The number of alkyl halides is 1. The molecule has 94 valence electrons. The second-order valence-electron chi connectivity index (χ2n) is 4.27. The zero-order valence-corrected chi connectivity index (χ0v) is 10.4. The van der Waals surface area contributed by atoms with E-state index < -0.39 is 6.10 Å². The van der Waals surface area contributed by atoms with Crippen LogP contribution in [-0.4, -0.2) is 29.8 Å². The summed E-state index contributed by atoms with van der Waals surface area (Å²) < 4.78 is 11.0. The van der Waals surface area contributed by atoms with Crippen molar-refractivity contribution < 1.29 is 14.6 Å². The van der Waals surface area contributed by atoms with E-state index >= 15 is 0 Å². The van der Waals surface area contributed by atoms with Crippen molar-refractivity contribution in [3.63, 3.8) is 0 Å². The lowest BCUT2D eigenvalue weighted by molar-refractivity contribution is 0.106. The minimum atomic E-state index is -0.616. The Morgan fingerprint density at radius 1 is 1.29 bits per heavy atom. The molecule has 1 atom stereocenters. The number of rotatable bonds is 7. The molecule has 1 aliphatic rings. The Kier molecular flexibility index (Phi) is 4.66. The van der Waals surface area contributed by atoms with Gasteiger partial charge < -0.3 is 14.6 Å². The Morgan fingerprint density at radius 2 is 2.00 bits per heavy atom. The second kappa shape index (κ2) is 6.24. The highest BCUT2D eigenvalue weighted by atomic mass is 35.5. The van der Waals surface area contributed by atoms with Gasteiger partial charge in [0.15, 0.2) is 0 Å². The van der Waals surface area contributed by atoms with Gasteiger partial charge in [-0.1, -0.05) is 12.1 Å². The molecule has 0 aliphatic heterocycles. The first-order valence-electron chi connectivity index (χ1n) is 5.85. The Hall–Kier alpha value is -0.770. The lowest BCUT2D eigenvalue weighted by Gasteiger charge is -2.10. The maximum Gasteiger partial charge on any atom is 0.119 e. The fourth-order valence-corrected chi connectivity index (χ4v) is 1.46. The maximum absolute atomic E-state index is 9.25. The third-order valence-corrected chi connectivity index (χ3v) is 2.91. The third kappa shape index (κ3) is 4.54. The van der Waals surface area contributed by atoms with E-state index in [1.165, 1.54) is 12.8 Å². The average Bonchev–Trinajstić information content (AvgIpc) is 3.18. The Bertz CT molecular complexity index is 335. The molecule has 0 saturated heterocycles. The lowest BCUT2D eigenvalue weighted by atomic mass is 10.2. The zero-order valence-electron chi connectivity index (χ0n) is 9.64. The smallest absolute Gasteiger partial charge is 0.119 e. The van der Waals surface area contributed by atoms with Crippen LogP contribution in [0.3, 0.4) is 0 Å². The Labute approximate surface area is 106 Å². The van der Waals surface area contributed by atoms with E-state index in [2.05, 4.69) is 0 Å². The molecular weight excluding hydrogens is 240 g/mol. The second-order valence-corrected chi connectivity index (χ2v) is 4.58. The molecule has 1 aromatic rings. The molecule has 4 heteroatoms. The Morgan fingerprint density at radius 3 is 2.59 bits per heavy atom. The van der Waals surface area contributed by atoms with Crippen molar-refractivity contribution in [1.82, 2.24) is 0 Å². The normalized spacial score (nSPS) is 16.8. The molecule has 1 unspecified atom stereocenters. The first-order chi connectivity index (χ1) is 8.28. The van der Waals surface area contributed by atoms with E-state index in [9.17, 15) is 5.11 Å². The van der Waals surface area contributed by atoms with Crippen molar-refractivity contribution in [2.24, 2.45) is 0 Å². The summed E-state index contributed by atoms with van der Waals surface area (Å²) in [4.78, 5) is 0. The highest BCUT2D eigenvalue weighted by molar-refractivity contribution is 6.18. The topological polar surface area (TPSA) is 38.7 Å². The van der Waals surface area contributed by atoms with Crippen LogP contribution in [0.4, 0.5) is 0 Å². The SMILES string of the molecule is OC(CCl)COc1ccc(COC2CC2)cc1. The number of halogens is 1. The maximum atomic E-state index is 9.25. The highest BCUT2D eigenvalue weighted by Gasteiger charge is 2.21. The van der Waals surface area contributed by atoms with Gasteiger partial charge in [0.2, 0.25) is 0 Å². The molecule has 3 nitrogen and oxygen atoms in total. The van der Waals surface area contributed by atoms with Gasteiger partial charge in [-0.15, -0.1) is 11.6 Å². The largest absolute Gasteiger partial charge is 0.491 e. The van der Waals surface area contributed by atoms with Gasteiger partial charge in [-0.2, -0.15) is 0 Å². The van der Waals surface area contributed by atoms with Crippen LogP contribution in [0, 0.1) is 0 Å². The van der Waals surface area contributed by atoms with Crippen LogP contribution >= 0.6 is 11.6 Å². The van der Waals surface area contributed by atoms with Crippen molar-refractivity contribution >= 4 is 11.6 Å². The minimum absolute atomic E-state index is 0.188. The molecule has 0 aromatic heterocycles. The molecule has 0 heterocycles. The van der Waals surface area contributed by atoms with Crippen LogP contribution in [0.5, 0.6) is 5.75 Å². The molecule has 17 heavy (non-hydrogen) atoms. The van der Waals surface area contributed by atoms with Crippen molar-refractivity contribution in [2.75, 3.05) is 12.5 Å². The molecule has 0 radical (unpaired) electrons. The van der Waals surface area contributed by atoms with E-state index in [0.29, 0.717) is 12.7 Å². The fraction of sp³-hybridized carbons (Fsp3) is 0.538. The van der Waals surface area contributed by atoms with Crippen molar-refractivity contribution in [3.05, 3.63) is 29.8 Å². The van der Waals surface area contributed by atoms with Gasteiger partial charge in [0.25, 0.3) is 0 Å². The fourth-order valence-electron chi connectivity index (χ4n) is 1.37. The van der Waals surface area contributed by atoms with Crippen molar-refractivity contribution in [2.45, 2.75) is 31.7 Å². The number of aliphatic hydroxyl groups is 1. The number of aliphatic hydroxyl groups excluding tert-OH is 1. The summed E-state index contributed by atoms with van der Waals surface area (Å²) in [6.45, 7) is 0.886. The molecule has 0 spiro atoms. The average molecular weight is 257 g/mol. The molecule has 1 saturated carbocycles. The van der Waals surface area contributed by atoms with Crippen LogP contribution in [0.1, 0.15) is 18.4 Å². The van der Waals surface area contributed by atoms with Crippen molar-refractivity contribution in [1.29, 1.82) is 0 Å². The van der Waals surface area contributed by atoms with E-state index in [0.717, 1.165) is 11.3 Å². The van der Waals surface area contributed by atoms with Crippen LogP contribution in [0.25, 0.3) is 0 Å². The molecule has 1 N–H and O–H groups in total. The minimum Gasteiger partial charge on any atom is -0.491 e. The predicted molar refractivity (Wildman–Crippen MR) is 66.5 cm³/mol. The van der Waals surface area contributed by atoms with Gasteiger partial charge in [0, 0.05) is 0 Å². The molecule has 0 amide bonds. The van der Waals surface area contributed by atoms with Gasteiger partial charge >= 0.3 is 0 Å². The van der Waals surface area contributed by atoms with Crippen LogP contribution in [0.15, 0.2) is 24.3 Å². The number of hydrogen-bond donors (Lipinski definition) is 1. The summed E-state index contributed by atoms with van der Waals surface area (Å²) in [6, 6.07) is 7.72. The Balaban J connectivity index is 1.75. The molecular formula is C13H17ClO3. The number of hydrogen-bond acceptors (Lipinski definition) is 3. The monoisotopic (exact) mass is 256 g/mol. The molecule has 2 rings (SSSR count). The predicted octanol–water partition coefficient (Wildman–Crippen LogP) is 2.34. The lowest BCUT2D eigenvalue weighted by Crippen LogP contribution is -2.18. The van der Waals surface area contributed by atoms with Gasteiger partial charge in [-0.3, -0.25) is 0 Å². The first-order valence-corrected chi connectivity index (χ1v) is 6.39. The summed E-state index contributed by atoms with van der Waals surface area (Å²) in [7, 11) is 0. The summed E-state index contributed by atoms with van der Waals surface area (Å²) in [5.74, 6) is 0.928. The van der Waals surface area contributed by atoms with E-state index in [1.807, 2.05) is 24.3 Å². The van der Waals surface area contributed by atoms with E-state index in [1.54, 1.807) is 0 Å². The van der Waals surface area contributed by atoms with Gasteiger partial charge in [-0.05, 0) is 30.5 Å². The van der Waals surface area contributed by atoms with Crippen LogP contribution in [0.2, 0.25) is 0 Å². The molecule has 1 aromatic carbocycles. The number of ether oxygens (including phenoxy) is 2. The van der Waals surface area contributed by atoms with E-state index in [4.69, 9.17) is 21.1 Å². The summed E-state index contributed by atoms with van der Waals surface area (Å²) in [5.41, 5.74) is 1.14. The third-order valence-electron chi connectivity index (χ3n) is 2.55. The van der Waals surface area contributed by atoms with Gasteiger partial charge in [0.1, 0.15) is 18.5 Å². The standard InChI is InChI=1S/C13H17ClO3/c14-7-11(15)9-17-12-3-1-10(2-4-12)8-16-13-5-6-13/h1-4,11,13,15H,5-9H2. The van der Waals surface area contributed by atoms with Gasteiger partial charge in [-0.25, -0.2) is 0 Å². The molecule has 1 fully saturated rings. The number of benzene rings is 1. The van der Waals surface area contributed by atoms with Crippen LogP contribution in [-0.2, 0) is 11.3 Å². The first kappa shape index (κ1) is 12.7. The van der Waals surface area contributed by atoms with Crippen molar-refractivity contribution in [3.8, 4) is 5.75 Å². The summed E-state index contributed by atoms with van der Waals surface area (Å²) >= 11 is 5.47. The van der Waals surface area contributed by atoms with Gasteiger partial charge in [0.05, 0.1) is 18.6 Å². The summed E-state index contributed by atoms with van der Waals surface area (Å²) in [5, 5.41) is 9.25. The quantitative estimate of drug-likeness (QED) is 0.761. The summed E-state index contributed by atoms with van der Waals surface area (Å²) in [6.07, 6.45) is 2.24. The molecule has 0 bridgehead atoms. The van der Waals surface area contributed by atoms with E-state index in [-0.39, 0.29) is 12.5 Å².